The van der Waals surface area contributed by atoms with E-state index in [0.717, 1.165) is 11.4 Å². The van der Waals surface area contributed by atoms with E-state index in [1.807, 2.05) is 0 Å². The zero-order valence-corrected chi connectivity index (χ0v) is 37.3. The van der Waals surface area contributed by atoms with Crippen LogP contribution in [0.15, 0.2) is 267 Å². The van der Waals surface area contributed by atoms with E-state index >= 15 is 0 Å². The van der Waals surface area contributed by atoms with Gasteiger partial charge in [0.25, 0.3) is 0 Å². The van der Waals surface area contributed by atoms with Gasteiger partial charge in [0, 0.05) is 32.8 Å². The van der Waals surface area contributed by atoms with Crippen molar-refractivity contribution in [3.63, 3.8) is 0 Å². The molecule has 13 rings (SSSR count). The van der Waals surface area contributed by atoms with Crippen molar-refractivity contribution in [2.75, 3.05) is 0 Å². The first kappa shape index (κ1) is 39.4. The lowest BCUT2D eigenvalue weighted by Crippen LogP contribution is -1.98. The smallest absolute Gasteiger partial charge is 0.0547 e. The number of rotatable bonds is 8. The van der Waals surface area contributed by atoms with E-state index in [1.54, 1.807) is 0 Å². The highest BCUT2D eigenvalue weighted by Crippen LogP contribution is 2.44. The molecular formula is C66H44N2. The first-order valence-corrected chi connectivity index (χ1v) is 23.4. The van der Waals surface area contributed by atoms with Gasteiger partial charge in [-0.3, -0.25) is 0 Å². The van der Waals surface area contributed by atoms with Crippen LogP contribution in [0.1, 0.15) is 0 Å². The Morgan fingerprint density at radius 1 is 0.206 bits per heavy atom. The van der Waals surface area contributed by atoms with Crippen LogP contribution >= 0.6 is 0 Å². The summed E-state index contributed by atoms with van der Waals surface area (Å²) in [4.78, 5) is 0. The molecular weight excluding hydrogens is 821 g/mol. The summed E-state index contributed by atoms with van der Waals surface area (Å²) in [5.74, 6) is 0. The molecule has 2 heteroatoms. The third kappa shape index (κ3) is 6.73. The van der Waals surface area contributed by atoms with E-state index in [4.69, 9.17) is 0 Å². The number of hydrogen-bond acceptors (Lipinski definition) is 0. The van der Waals surface area contributed by atoms with E-state index in [2.05, 4.69) is 276 Å². The van der Waals surface area contributed by atoms with Gasteiger partial charge in [-0.05, 0) is 134 Å². The van der Waals surface area contributed by atoms with E-state index in [-0.39, 0.29) is 0 Å². The number of aromatic nitrogens is 2. The average molecular weight is 865 g/mol. The molecule has 68 heavy (non-hydrogen) atoms. The summed E-state index contributed by atoms with van der Waals surface area (Å²) in [6.45, 7) is 0. The van der Waals surface area contributed by atoms with Crippen LogP contribution in [0, 0.1) is 0 Å². The van der Waals surface area contributed by atoms with Gasteiger partial charge in [0.15, 0.2) is 0 Å². The van der Waals surface area contributed by atoms with Gasteiger partial charge in [-0.2, -0.15) is 0 Å². The zero-order chi connectivity index (χ0) is 45.0. The number of hydrogen-bond donors (Lipinski definition) is 0. The molecule has 318 valence electrons. The van der Waals surface area contributed by atoms with Crippen molar-refractivity contribution >= 4 is 43.6 Å². The molecule has 0 aliphatic carbocycles. The van der Waals surface area contributed by atoms with E-state index < -0.39 is 0 Å². The maximum absolute atomic E-state index is 2.48. The van der Waals surface area contributed by atoms with Gasteiger partial charge in [-0.1, -0.05) is 194 Å². The number of fused-ring (bicyclic) bond motifs is 6. The SMILES string of the molecule is c1ccc(-c2cccc(-c3cccc4c3c3cc(-c5ccc6c(c5)c5cc(-c7ccccc7)ccc5n6-c5ccc(-c6ccccc6)cc5-c5ccccc5)ccc3n4-c3ccccc3)c2)cc1. The average Bonchev–Trinajstić information content (AvgIpc) is 3.94. The van der Waals surface area contributed by atoms with Crippen molar-refractivity contribution in [1.82, 2.24) is 9.13 Å². The maximum atomic E-state index is 2.48. The summed E-state index contributed by atoms with van der Waals surface area (Å²) in [7, 11) is 0. The first-order valence-electron chi connectivity index (χ1n) is 23.4. The predicted octanol–water partition coefficient (Wildman–Crippen LogP) is 17.9. The fourth-order valence-electron chi connectivity index (χ4n) is 10.5. The van der Waals surface area contributed by atoms with E-state index in [0.29, 0.717) is 0 Å². The molecule has 0 unspecified atom stereocenters. The molecule has 0 saturated carbocycles. The fraction of sp³-hybridized carbons (Fsp3) is 0. The van der Waals surface area contributed by atoms with Gasteiger partial charge in [0.05, 0.1) is 27.8 Å². The molecule has 2 nitrogen and oxygen atoms in total. The molecule has 0 saturated heterocycles. The Morgan fingerprint density at radius 2 is 0.618 bits per heavy atom. The molecule has 0 N–H and O–H groups in total. The second-order valence-corrected chi connectivity index (χ2v) is 17.7. The monoisotopic (exact) mass is 864 g/mol. The van der Waals surface area contributed by atoms with E-state index in [9.17, 15) is 0 Å². The van der Waals surface area contributed by atoms with E-state index in [1.165, 1.54) is 110 Å². The molecule has 2 heterocycles. The highest BCUT2D eigenvalue weighted by atomic mass is 15.0. The highest BCUT2D eigenvalue weighted by Gasteiger charge is 2.21. The van der Waals surface area contributed by atoms with Crippen LogP contribution < -0.4 is 0 Å². The van der Waals surface area contributed by atoms with Crippen LogP contribution in [0.5, 0.6) is 0 Å². The quantitative estimate of drug-likeness (QED) is 0.144. The predicted molar refractivity (Wildman–Crippen MR) is 288 cm³/mol. The summed E-state index contributed by atoms with van der Waals surface area (Å²) < 4.78 is 4.90. The molecule has 0 radical (unpaired) electrons. The van der Waals surface area contributed by atoms with Crippen LogP contribution in [0.25, 0.3) is 122 Å². The Hall–Kier alpha value is -8.98. The topological polar surface area (TPSA) is 9.86 Å². The van der Waals surface area contributed by atoms with Crippen molar-refractivity contribution in [2.24, 2.45) is 0 Å². The van der Waals surface area contributed by atoms with Crippen LogP contribution in [-0.2, 0) is 0 Å². The minimum absolute atomic E-state index is 1.14. The third-order valence-electron chi connectivity index (χ3n) is 13.7. The number of benzene rings is 11. The van der Waals surface area contributed by atoms with Gasteiger partial charge in [-0.15, -0.1) is 0 Å². The summed E-state index contributed by atoms with van der Waals surface area (Å²) >= 11 is 0. The second-order valence-electron chi connectivity index (χ2n) is 17.7. The van der Waals surface area contributed by atoms with Crippen molar-refractivity contribution in [2.45, 2.75) is 0 Å². The molecule has 0 fully saturated rings. The Kier molecular flexibility index (Phi) is 9.54. The van der Waals surface area contributed by atoms with Crippen LogP contribution in [0.3, 0.4) is 0 Å². The van der Waals surface area contributed by atoms with Gasteiger partial charge in [0.1, 0.15) is 0 Å². The molecule has 0 aliphatic rings. The minimum atomic E-state index is 1.14. The number of nitrogens with zero attached hydrogens (tertiary/aromatic N) is 2. The van der Waals surface area contributed by atoms with Crippen molar-refractivity contribution in [3.8, 4) is 78.1 Å². The molecule has 11 aromatic carbocycles. The summed E-state index contributed by atoms with van der Waals surface area (Å²) in [5, 5.41) is 4.90. The lowest BCUT2D eigenvalue weighted by atomic mass is 9.95. The van der Waals surface area contributed by atoms with Gasteiger partial charge in [-0.25, -0.2) is 0 Å². The van der Waals surface area contributed by atoms with Crippen LogP contribution in [0.2, 0.25) is 0 Å². The normalized spacial score (nSPS) is 11.5. The zero-order valence-electron chi connectivity index (χ0n) is 37.3. The van der Waals surface area contributed by atoms with Crippen molar-refractivity contribution in [1.29, 1.82) is 0 Å². The lowest BCUT2D eigenvalue weighted by Gasteiger charge is -2.16. The molecule has 0 amide bonds. The highest BCUT2D eigenvalue weighted by molar-refractivity contribution is 6.17. The van der Waals surface area contributed by atoms with Gasteiger partial charge < -0.3 is 9.13 Å². The molecule has 0 bridgehead atoms. The second kappa shape index (κ2) is 16.5. The Bertz CT molecular complexity index is 3980. The summed E-state index contributed by atoms with van der Waals surface area (Å²) in [6.07, 6.45) is 0. The molecule has 0 spiro atoms. The van der Waals surface area contributed by atoms with Crippen LogP contribution in [0.4, 0.5) is 0 Å². The van der Waals surface area contributed by atoms with Crippen molar-refractivity contribution in [3.05, 3.63) is 267 Å². The summed E-state index contributed by atoms with van der Waals surface area (Å²) in [5.41, 5.74) is 21.4. The number of para-hydroxylation sites is 1. The Labute approximate surface area is 395 Å². The van der Waals surface area contributed by atoms with Gasteiger partial charge >= 0.3 is 0 Å². The van der Waals surface area contributed by atoms with Gasteiger partial charge in [0.2, 0.25) is 0 Å². The standard InChI is InChI=1S/C66H44N2/c1-6-18-45(19-7-1)49-26-16-27-54(40-49)56-30-17-31-65-66(56)60-44-53(35-39-64(60)67(65)55-28-14-5-15-29-55)52-34-38-63-59(43-52)58-42-51(47-22-10-3-11-23-47)33-37-62(58)68(63)61-36-32-50(46-20-8-2-9-21-46)41-57(61)48-24-12-4-13-25-48/h1-44H. The summed E-state index contributed by atoms with van der Waals surface area (Å²) in [6, 6.07) is 97.5. The Morgan fingerprint density at radius 3 is 1.19 bits per heavy atom. The lowest BCUT2D eigenvalue weighted by molar-refractivity contribution is 1.18. The third-order valence-corrected chi connectivity index (χ3v) is 13.7. The minimum Gasteiger partial charge on any atom is -0.309 e. The molecule has 0 atom stereocenters. The fourth-order valence-corrected chi connectivity index (χ4v) is 10.5. The van der Waals surface area contributed by atoms with Crippen molar-refractivity contribution < 1.29 is 0 Å². The molecule has 13 aromatic rings. The van der Waals surface area contributed by atoms with Crippen LogP contribution in [-0.4, -0.2) is 9.13 Å². The largest absolute Gasteiger partial charge is 0.309 e. The maximum Gasteiger partial charge on any atom is 0.0547 e. The molecule has 2 aromatic heterocycles. The first-order chi connectivity index (χ1) is 33.7. The Balaban J connectivity index is 1.04. The molecule has 0 aliphatic heterocycles.